The third kappa shape index (κ3) is 3.79. The van der Waals surface area contributed by atoms with Gasteiger partial charge in [-0.3, -0.25) is 0 Å². The fraction of sp³-hybridized carbons (Fsp3) is 0.286. The molecule has 0 fully saturated rings. The van der Waals surface area contributed by atoms with Crippen LogP contribution in [0, 0.1) is 6.92 Å². The molecule has 0 saturated carbocycles. The number of aromatic nitrogens is 2. The second-order valence-electron chi connectivity index (χ2n) is 6.82. The van der Waals surface area contributed by atoms with E-state index in [1.807, 2.05) is 68.7 Å². The Morgan fingerprint density at radius 1 is 1.00 bits per heavy atom. The van der Waals surface area contributed by atoms with Crippen LogP contribution in [0.2, 0.25) is 0 Å². The Balaban J connectivity index is 1.52. The highest BCUT2D eigenvalue weighted by molar-refractivity contribution is 5.56. The zero-order chi connectivity index (χ0) is 21.1. The molecule has 4 rings (SSSR count). The number of rotatable bonds is 7. The molecule has 0 amide bonds. The molecule has 1 aliphatic rings. The molecule has 30 heavy (non-hydrogen) atoms. The average Bonchev–Trinajstić information content (AvgIpc) is 3.39. The van der Waals surface area contributed by atoms with Crippen molar-refractivity contribution in [3.8, 4) is 17.3 Å². The van der Waals surface area contributed by atoms with Crippen LogP contribution < -0.4 is 14.5 Å². The van der Waals surface area contributed by atoms with Gasteiger partial charge in [0.2, 0.25) is 12.2 Å². The van der Waals surface area contributed by atoms with Crippen LogP contribution in [0.15, 0.2) is 65.2 Å². The molecule has 0 saturated heterocycles. The van der Waals surface area contributed by atoms with Gasteiger partial charge in [-0.05, 0) is 53.3 Å². The summed E-state index contributed by atoms with van der Waals surface area (Å²) in [7, 11) is 5.09. The van der Waals surface area contributed by atoms with Crippen molar-refractivity contribution in [3.05, 3.63) is 65.9 Å². The van der Waals surface area contributed by atoms with Crippen LogP contribution in [0.4, 0.5) is 5.69 Å². The number of methoxy groups -OCH3 is 2. The lowest BCUT2D eigenvalue weighted by atomic mass is 10.1. The van der Waals surface area contributed by atoms with Crippen molar-refractivity contribution >= 4 is 5.69 Å². The van der Waals surface area contributed by atoms with Gasteiger partial charge in [0.25, 0.3) is 0 Å². The van der Waals surface area contributed by atoms with Crippen LogP contribution >= 0.6 is 0 Å². The summed E-state index contributed by atoms with van der Waals surface area (Å²) in [6, 6.07) is 15.5. The quantitative estimate of drug-likeness (QED) is 0.593. The maximum atomic E-state index is 6.01. The summed E-state index contributed by atoms with van der Waals surface area (Å²) in [6.45, 7) is 2.38. The van der Waals surface area contributed by atoms with E-state index >= 15 is 0 Å². The van der Waals surface area contributed by atoms with Gasteiger partial charge < -0.3 is 14.2 Å². The number of benzene rings is 2. The number of hydrogen-bond donors (Lipinski definition) is 0. The standard InChI is InChI=1S/C21H24N6O3/c1-15-6-5-7-19(27-21(29-4)25(2)23-24-27)18(15)14-30-20-12-13-26(22-20)16-8-10-17(28-3)11-9-16/h5-13,21H,14H2,1-4H3. The summed E-state index contributed by atoms with van der Waals surface area (Å²) in [5, 5.41) is 16.2. The monoisotopic (exact) mass is 408 g/mol. The third-order valence-corrected chi connectivity index (χ3v) is 4.92. The number of aryl methyl sites for hydroxylation is 1. The Bertz CT molecular complexity index is 1030. The van der Waals surface area contributed by atoms with E-state index < -0.39 is 6.35 Å². The van der Waals surface area contributed by atoms with E-state index in [2.05, 4.69) is 15.5 Å². The first kappa shape index (κ1) is 19.7. The first-order chi connectivity index (χ1) is 14.6. The van der Waals surface area contributed by atoms with Gasteiger partial charge in [-0.2, -0.15) is 5.01 Å². The number of hydrogen-bond acceptors (Lipinski definition) is 8. The largest absolute Gasteiger partial charge is 0.497 e. The summed E-state index contributed by atoms with van der Waals surface area (Å²) in [6.07, 6.45) is 1.46. The van der Waals surface area contributed by atoms with Gasteiger partial charge in [0.1, 0.15) is 12.4 Å². The highest BCUT2D eigenvalue weighted by Gasteiger charge is 2.30. The van der Waals surface area contributed by atoms with Crippen LogP contribution in [0.5, 0.6) is 11.6 Å². The molecule has 9 heteroatoms. The molecule has 0 bridgehead atoms. The van der Waals surface area contributed by atoms with Crippen LogP contribution in [0.25, 0.3) is 5.69 Å². The van der Waals surface area contributed by atoms with Crippen molar-refractivity contribution < 1.29 is 14.2 Å². The first-order valence-electron chi connectivity index (χ1n) is 9.48. The molecule has 2 heterocycles. The van der Waals surface area contributed by atoms with Crippen molar-refractivity contribution in [2.45, 2.75) is 19.9 Å². The van der Waals surface area contributed by atoms with E-state index in [0.717, 1.165) is 28.3 Å². The van der Waals surface area contributed by atoms with E-state index in [9.17, 15) is 0 Å². The molecule has 3 aromatic rings. The molecule has 0 N–H and O–H groups in total. The Morgan fingerprint density at radius 3 is 2.53 bits per heavy atom. The Morgan fingerprint density at radius 2 is 1.80 bits per heavy atom. The first-order valence-corrected chi connectivity index (χ1v) is 9.48. The van der Waals surface area contributed by atoms with Crippen molar-refractivity contribution in [1.82, 2.24) is 14.8 Å². The second-order valence-corrected chi connectivity index (χ2v) is 6.82. The van der Waals surface area contributed by atoms with Gasteiger partial charge in [-0.1, -0.05) is 12.1 Å². The Hall–Kier alpha value is -3.59. The molecule has 0 aliphatic carbocycles. The number of nitrogens with zero attached hydrogens (tertiary/aromatic N) is 6. The predicted molar refractivity (Wildman–Crippen MR) is 112 cm³/mol. The highest BCUT2D eigenvalue weighted by atomic mass is 16.5. The maximum Gasteiger partial charge on any atom is 0.247 e. The predicted octanol–water partition coefficient (Wildman–Crippen LogP) is 3.73. The van der Waals surface area contributed by atoms with Gasteiger partial charge in [0, 0.05) is 32.0 Å². The van der Waals surface area contributed by atoms with Crippen LogP contribution in [-0.4, -0.2) is 42.4 Å². The van der Waals surface area contributed by atoms with E-state index in [1.54, 1.807) is 28.9 Å². The van der Waals surface area contributed by atoms with Gasteiger partial charge in [0.05, 0.1) is 18.5 Å². The molecular weight excluding hydrogens is 384 g/mol. The third-order valence-electron chi connectivity index (χ3n) is 4.92. The molecule has 0 spiro atoms. The zero-order valence-corrected chi connectivity index (χ0v) is 17.4. The van der Waals surface area contributed by atoms with E-state index in [1.165, 1.54) is 0 Å². The van der Waals surface area contributed by atoms with Gasteiger partial charge >= 0.3 is 0 Å². The summed E-state index contributed by atoms with van der Waals surface area (Å²) < 4.78 is 18.5. The average molecular weight is 408 g/mol. The second kappa shape index (κ2) is 8.42. The molecule has 2 aromatic carbocycles. The van der Waals surface area contributed by atoms with Crippen molar-refractivity contribution in [2.75, 3.05) is 26.3 Å². The normalized spacial score (nSPS) is 15.7. The minimum absolute atomic E-state index is 0.341. The van der Waals surface area contributed by atoms with Gasteiger partial charge in [-0.25, -0.2) is 9.69 Å². The highest BCUT2D eigenvalue weighted by Crippen LogP contribution is 2.31. The molecule has 1 atom stereocenters. The molecular formula is C21H24N6O3. The Labute approximate surface area is 175 Å². The number of anilines is 1. The molecule has 9 nitrogen and oxygen atoms in total. The van der Waals surface area contributed by atoms with E-state index in [-0.39, 0.29) is 0 Å². The molecule has 0 radical (unpaired) electrons. The minimum Gasteiger partial charge on any atom is -0.497 e. The fourth-order valence-electron chi connectivity index (χ4n) is 3.27. The van der Waals surface area contributed by atoms with Crippen molar-refractivity contribution in [3.63, 3.8) is 0 Å². The number of ether oxygens (including phenoxy) is 3. The molecule has 156 valence electrons. The summed E-state index contributed by atoms with van der Waals surface area (Å²) in [5.74, 6) is 1.33. The summed E-state index contributed by atoms with van der Waals surface area (Å²) in [4.78, 5) is 0. The van der Waals surface area contributed by atoms with Crippen LogP contribution in [0.1, 0.15) is 11.1 Å². The molecule has 1 aliphatic heterocycles. The fourth-order valence-corrected chi connectivity index (χ4v) is 3.27. The topological polar surface area (TPSA) is 76.7 Å². The van der Waals surface area contributed by atoms with E-state index in [0.29, 0.717) is 12.5 Å². The molecule has 1 unspecified atom stereocenters. The lowest BCUT2D eigenvalue weighted by molar-refractivity contribution is 0.00171. The lowest BCUT2D eigenvalue weighted by Crippen LogP contribution is -2.38. The van der Waals surface area contributed by atoms with Gasteiger partial charge in [-0.15, -0.1) is 5.10 Å². The van der Waals surface area contributed by atoms with Crippen LogP contribution in [0.3, 0.4) is 0 Å². The maximum absolute atomic E-state index is 6.01. The van der Waals surface area contributed by atoms with Crippen molar-refractivity contribution in [1.29, 1.82) is 0 Å². The van der Waals surface area contributed by atoms with Crippen LogP contribution in [-0.2, 0) is 11.3 Å². The molecule has 1 aromatic heterocycles. The SMILES string of the molecule is COc1ccc(-n2ccc(OCc3c(C)cccc3N3N=NN(C)C3OC)n2)cc1. The van der Waals surface area contributed by atoms with Gasteiger partial charge in [0.15, 0.2) is 0 Å². The summed E-state index contributed by atoms with van der Waals surface area (Å²) >= 11 is 0. The van der Waals surface area contributed by atoms with E-state index in [4.69, 9.17) is 14.2 Å². The lowest BCUT2D eigenvalue weighted by Gasteiger charge is -2.26. The smallest absolute Gasteiger partial charge is 0.247 e. The Kier molecular flexibility index (Phi) is 5.53. The minimum atomic E-state index is -0.403. The van der Waals surface area contributed by atoms with Crippen molar-refractivity contribution in [2.24, 2.45) is 10.4 Å². The zero-order valence-electron chi connectivity index (χ0n) is 17.4. The summed E-state index contributed by atoms with van der Waals surface area (Å²) in [5.41, 5.74) is 3.88.